The fraction of sp³-hybridized carbons (Fsp3) is 0.250. The van der Waals surface area contributed by atoms with E-state index in [9.17, 15) is 4.39 Å². The van der Waals surface area contributed by atoms with Crippen molar-refractivity contribution in [1.29, 1.82) is 0 Å². The first kappa shape index (κ1) is 20.8. The van der Waals surface area contributed by atoms with Crippen LogP contribution in [-0.2, 0) is 13.0 Å². The first-order valence-corrected chi connectivity index (χ1v) is 10.2. The van der Waals surface area contributed by atoms with Gasteiger partial charge < -0.3 is 9.15 Å². The van der Waals surface area contributed by atoms with Crippen LogP contribution in [0, 0.1) is 5.82 Å². The average Bonchev–Trinajstić information content (AvgIpc) is 3.44. The number of aromatic nitrogens is 3. The molecular weight excluding hydrogens is 395 g/mol. The second-order valence-electron chi connectivity index (χ2n) is 7.47. The molecule has 2 heterocycles. The van der Waals surface area contributed by atoms with Crippen LogP contribution < -0.4 is 4.74 Å². The van der Waals surface area contributed by atoms with Crippen molar-refractivity contribution in [2.24, 2.45) is 0 Å². The van der Waals surface area contributed by atoms with E-state index >= 15 is 0 Å². The lowest BCUT2D eigenvalue weighted by atomic mass is 10.1. The minimum Gasteiger partial charge on any atom is -0.497 e. The monoisotopic (exact) mass is 420 g/mol. The maximum absolute atomic E-state index is 13.1. The van der Waals surface area contributed by atoms with Gasteiger partial charge in [-0.2, -0.15) is 5.10 Å². The van der Waals surface area contributed by atoms with Gasteiger partial charge in [-0.25, -0.2) is 9.37 Å². The Bertz CT molecular complexity index is 1100. The van der Waals surface area contributed by atoms with Crippen LogP contribution in [0.2, 0.25) is 0 Å². The molecule has 2 aromatic carbocycles. The largest absolute Gasteiger partial charge is 0.497 e. The van der Waals surface area contributed by atoms with Crippen molar-refractivity contribution >= 4 is 0 Å². The summed E-state index contributed by atoms with van der Waals surface area (Å²) in [5, 5.41) is 7.40. The van der Waals surface area contributed by atoms with E-state index in [1.807, 2.05) is 37.4 Å². The van der Waals surface area contributed by atoms with Crippen LogP contribution >= 0.6 is 0 Å². The summed E-state index contributed by atoms with van der Waals surface area (Å²) in [5.41, 5.74) is 3.76. The molecule has 31 heavy (non-hydrogen) atoms. The number of ether oxygens (including phenoxy) is 1. The van der Waals surface area contributed by atoms with Crippen molar-refractivity contribution in [2.45, 2.75) is 19.4 Å². The molecule has 0 saturated carbocycles. The maximum Gasteiger partial charge on any atom is 0.209 e. The summed E-state index contributed by atoms with van der Waals surface area (Å²) in [7, 11) is 3.70. The Balaban J connectivity index is 1.26. The predicted molar refractivity (Wildman–Crippen MR) is 117 cm³/mol. The lowest BCUT2D eigenvalue weighted by Crippen LogP contribution is -2.19. The molecule has 0 fully saturated rings. The van der Waals surface area contributed by atoms with E-state index in [-0.39, 0.29) is 5.82 Å². The summed E-state index contributed by atoms with van der Waals surface area (Å²) < 4.78 is 24.2. The number of hydrogen-bond donors (Lipinski definition) is 1. The van der Waals surface area contributed by atoms with Crippen LogP contribution in [0.25, 0.3) is 22.6 Å². The summed E-state index contributed by atoms with van der Waals surface area (Å²) in [6, 6.07) is 16.1. The number of aromatic amines is 1. The molecule has 2 aromatic heterocycles. The molecule has 0 amide bonds. The molecule has 0 spiro atoms. The van der Waals surface area contributed by atoms with E-state index in [2.05, 4.69) is 20.1 Å². The second kappa shape index (κ2) is 9.57. The zero-order valence-corrected chi connectivity index (χ0v) is 17.6. The second-order valence-corrected chi connectivity index (χ2v) is 7.47. The van der Waals surface area contributed by atoms with E-state index in [1.165, 1.54) is 12.1 Å². The molecule has 6 nitrogen and oxygen atoms in total. The number of halogens is 1. The number of rotatable bonds is 9. The molecule has 0 bridgehead atoms. The third-order valence-corrected chi connectivity index (χ3v) is 5.09. The molecule has 0 aliphatic rings. The Kier molecular flexibility index (Phi) is 6.43. The van der Waals surface area contributed by atoms with Gasteiger partial charge in [-0.1, -0.05) is 0 Å². The van der Waals surface area contributed by atoms with Crippen molar-refractivity contribution in [2.75, 3.05) is 20.7 Å². The van der Waals surface area contributed by atoms with Gasteiger partial charge in [0, 0.05) is 16.8 Å². The van der Waals surface area contributed by atoms with Crippen molar-refractivity contribution in [3.63, 3.8) is 0 Å². The molecule has 0 saturated heterocycles. The highest BCUT2D eigenvalue weighted by molar-refractivity contribution is 5.59. The van der Waals surface area contributed by atoms with Crippen LogP contribution in [0.5, 0.6) is 5.75 Å². The van der Waals surface area contributed by atoms with Crippen molar-refractivity contribution in [3.8, 4) is 28.3 Å². The van der Waals surface area contributed by atoms with Crippen molar-refractivity contribution in [1.82, 2.24) is 20.1 Å². The number of methoxy groups -OCH3 is 1. The van der Waals surface area contributed by atoms with Gasteiger partial charge in [-0.15, -0.1) is 0 Å². The minimum absolute atomic E-state index is 0.246. The molecule has 0 radical (unpaired) electrons. The topological polar surface area (TPSA) is 67.2 Å². The number of aryl methyl sites for hydroxylation is 1. The Labute approximate surface area is 180 Å². The number of nitrogens with zero attached hydrogens (tertiary/aromatic N) is 3. The Morgan fingerprint density at radius 2 is 1.81 bits per heavy atom. The van der Waals surface area contributed by atoms with Gasteiger partial charge in [-0.3, -0.25) is 10.00 Å². The minimum atomic E-state index is -0.246. The van der Waals surface area contributed by atoms with E-state index in [4.69, 9.17) is 9.15 Å². The van der Waals surface area contributed by atoms with Crippen LogP contribution in [0.1, 0.15) is 18.0 Å². The molecule has 4 aromatic rings. The Morgan fingerprint density at radius 3 is 2.55 bits per heavy atom. The van der Waals surface area contributed by atoms with E-state index in [1.54, 1.807) is 25.4 Å². The summed E-state index contributed by atoms with van der Waals surface area (Å²) >= 11 is 0. The van der Waals surface area contributed by atoms with Gasteiger partial charge >= 0.3 is 0 Å². The summed E-state index contributed by atoms with van der Waals surface area (Å²) in [4.78, 5) is 6.58. The highest BCUT2D eigenvalue weighted by Crippen LogP contribution is 2.23. The van der Waals surface area contributed by atoms with E-state index in [0.29, 0.717) is 12.4 Å². The first-order valence-electron chi connectivity index (χ1n) is 10.2. The quantitative estimate of drug-likeness (QED) is 0.415. The van der Waals surface area contributed by atoms with E-state index in [0.717, 1.165) is 53.4 Å². The number of nitrogens with one attached hydrogen (secondary N) is 1. The zero-order valence-electron chi connectivity index (χ0n) is 17.6. The molecule has 0 aliphatic carbocycles. The SMILES string of the molecule is COc1ccc(-c2cnc(CN(C)CCCc3cc(-c4ccc(F)cc4)n[nH]3)o2)cc1. The molecule has 0 unspecified atom stereocenters. The third kappa shape index (κ3) is 5.38. The Hall–Kier alpha value is -3.45. The maximum atomic E-state index is 13.1. The lowest BCUT2D eigenvalue weighted by Gasteiger charge is -2.13. The lowest BCUT2D eigenvalue weighted by molar-refractivity contribution is 0.286. The van der Waals surface area contributed by atoms with Crippen LogP contribution in [-0.4, -0.2) is 40.8 Å². The fourth-order valence-electron chi connectivity index (χ4n) is 3.38. The van der Waals surface area contributed by atoms with Gasteiger partial charge in [0.1, 0.15) is 11.6 Å². The normalized spacial score (nSPS) is 11.2. The molecule has 160 valence electrons. The molecule has 4 rings (SSSR count). The van der Waals surface area contributed by atoms with Crippen LogP contribution in [0.3, 0.4) is 0 Å². The molecule has 7 heteroatoms. The summed E-state index contributed by atoms with van der Waals surface area (Å²) in [6.45, 7) is 1.53. The summed E-state index contributed by atoms with van der Waals surface area (Å²) in [6.07, 6.45) is 3.60. The molecular formula is C24H25FN4O2. The fourth-order valence-corrected chi connectivity index (χ4v) is 3.38. The van der Waals surface area contributed by atoms with Gasteiger partial charge in [0.05, 0.1) is 25.5 Å². The Morgan fingerprint density at radius 1 is 1.06 bits per heavy atom. The molecule has 0 atom stereocenters. The highest BCUT2D eigenvalue weighted by Gasteiger charge is 2.10. The smallest absolute Gasteiger partial charge is 0.209 e. The third-order valence-electron chi connectivity index (χ3n) is 5.09. The number of hydrogen-bond acceptors (Lipinski definition) is 5. The highest BCUT2D eigenvalue weighted by atomic mass is 19.1. The van der Waals surface area contributed by atoms with E-state index < -0.39 is 0 Å². The van der Waals surface area contributed by atoms with Crippen LogP contribution in [0.15, 0.2) is 65.2 Å². The van der Waals surface area contributed by atoms with Gasteiger partial charge in [0.15, 0.2) is 5.76 Å². The zero-order chi connectivity index (χ0) is 21.6. The number of H-pyrrole nitrogens is 1. The predicted octanol–water partition coefficient (Wildman–Crippen LogP) is 4.94. The molecule has 1 N–H and O–H groups in total. The summed E-state index contributed by atoms with van der Waals surface area (Å²) in [5.74, 6) is 2.00. The average molecular weight is 420 g/mol. The van der Waals surface area contributed by atoms with Crippen molar-refractivity contribution < 1.29 is 13.5 Å². The van der Waals surface area contributed by atoms with Gasteiger partial charge in [0.25, 0.3) is 0 Å². The van der Waals surface area contributed by atoms with Gasteiger partial charge in [0.2, 0.25) is 5.89 Å². The molecule has 0 aliphatic heterocycles. The van der Waals surface area contributed by atoms with Crippen molar-refractivity contribution in [3.05, 3.63) is 78.2 Å². The van der Waals surface area contributed by atoms with Crippen LogP contribution in [0.4, 0.5) is 4.39 Å². The van der Waals surface area contributed by atoms with Gasteiger partial charge in [-0.05, 0) is 81.0 Å². The first-order chi connectivity index (χ1) is 15.1. The standard InChI is InChI=1S/C24H25FN4O2/c1-29(16-24-26-15-23(31-24)18-7-11-21(30-2)12-8-18)13-3-4-20-14-22(28-27-20)17-5-9-19(25)10-6-17/h5-12,14-15H,3-4,13,16H2,1-2H3,(H,27,28). The number of oxazole rings is 1. The number of benzene rings is 2.